The predicted molar refractivity (Wildman–Crippen MR) is 70.5 cm³/mol. The molecule has 1 rings (SSSR count). The SMILES string of the molecule is COCCn1cc(C(C)CS)c(C(C)C)n1. The Labute approximate surface area is 104 Å². The average Bonchev–Trinajstić information content (AvgIpc) is 2.69. The van der Waals surface area contributed by atoms with Crippen LogP contribution < -0.4 is 0 Å². The first-order chi connectivity index (χ1) is 7.60. The lowest BCUT2D eigenvalue weighted by atomic mass is 9.98. The van der Waals surface area contributed by atoms with Gasteiger partial charge in [-0.1, -0.05) is 20.8 Å². The second kappa shape index (κ2) is 6.30. The summed E-state index contributed by atoms with van der Waals surface area (Å²) in [5.74, 6) is 1.77. The van der Waals surface area contributed by atoms with Crippen LogP contribution in [0.3, 0.4) is 0 Å². The number of rotatable bonds is 6. The van der Waals surface area contributed by atoms with Crippen molar-refractivity contribution in [3.05, 3.63) is 17.5 Å². The molecule has 1 heterocycles. The molecule has 0 aliphatic carbocycles. The molecule has 3 nitrogen and oxygen atoms in total. The Bertz CT molecular complexity index is 323. The molecule has 0 saturated carbocycles. The number of ether oxygens (including phenoxy) is 1. The molecule has 16 heavy (non-hydrogen) atoms. The van der Waals surface area contributed by atoms with Gasteiger partial charge in [-0.3, -0.25) is 4.68 Å². The summed E-state index contributed by atoms with van der Waals surface area (Å²) in [7, 11) is 1.71. The minimum absolute atomic E-state index is 0.456. The Morgan fingerprint density at radius 1 is 1.44 bits per heavy atom. The topological polar surface area (TPSA) is 27.1 Å². The third-order valence-corrected chi connectivity index (χ3v) is 3.24. The van der Waals surface area contributed by atoms with Crippen LogP contribution in [0.4, 0.5) is 0 Å². The van der Waals surface area contributed by atoms with Gasteiger partial charge in [-0.15, -0.1) is 0 Å². The van der Waals surface area contributed by atoms with E-state index in [0.717, 1.165) is 12.3 Å². The smallest absolute Gasteiger partial charge is 0.0684 e. The molecule has 0 aromatic carbocycles. The van der Waals surface area contributed by atoms with E-state index in [-0.39, 0.29) is 0 Å². The highest BCUT2D eigenvalue weighted by Gasteiger charge is 2.16. The third kappa shape index (κ3) is 3.25. The number of methoxy groups -OCH3 is 1. The zero-order chi connectivity index (χ0) is 12.1. The molecular weight excluding hydrogens is 220 g/mol. The van der Waals surface area contributed by atoms with Gasteiger partial charge < -0.3 is 4.74 Å². The molecule has 1 aromatic heterocycles. The number of nitrogens with zero attached hydrogens (tertiary/aromatic N) is 2. The highest BCUT2D eigenvalue weighted by atomic mass is 32.1. The van der Waals surface area contributed by atoms with Gasteiger partial charge in [-0.25, -0.2) is 0 Å². The van der Waals surface area contributed by atoms with Crippen molar-refractivity contribution in [1.82, 2.24) is 9.78 Å². The Morgan fingerprint density at radius 3 is 2.62 bits per heavy atom. The lowest BCUT2D eigenvalue weighted by Gasteiger charge is -2.09. The number of hydrogen-bond acceptors (Lipinski definition) is 3. The van der Waals surface area contributed by atoms with Crippen LogP contribution in [0.15, 0.2) is 6.20 Å². The van der Waals surface area contributed by atoms with E-state index in [0.29, 0.717) is 18.4 Å². The van der Waals surface area contributed by atoms with Gasteiger partial charge in [0.05, 0.1) is 18.8 Å². The second-order valence-corrected chi connectivity index (χ2v) is 4.83. The summed E-state index contributed by atoms with van der Waals surface area (Å²) in [6.45, 7) is 8.06. The maximum absolute atomic E-state index is 5.07. The maximum atomic E-state index is 5.07. The zero-order valence-corrected chi connectivity index (χ0v) is 11.5. The summed E-state index contributed by atoms with van der Waals surface area (Å²) < 4.78 is 7.05. The van der Waals surface area contributed by atoms with Gasteiger partial charge in [0.15, 0.2) is 0 Å². The van der Waals surface area contributed by atoms with Crippen molar-refractivity contribution >= 4 is 12.6 Å². The first kappa shape index (κ1) is 13.6. The van der Waals surface area contributed by atoms with Crippen LogP contribution in [0.5, 0.6) is 0 Å². The fourth-order valence-electron chi connectivity index (χ4n) is 1.68. The van der Waals surface area contributed by atoms with Crippen molar-refractivity contribution in [2.75, 3.05) is 19.5 Å². The first-order valence-corrected chi connectivity index (χ1v) is 6.40. The van der Waals surface area contributed by atoms with Crippen molar-refractivity contribution in [2.24, 2.45) is 0 Å². The van der Waals surface area contributed by atoms with E-state index in [1.54, 1.807) is 7.11 Å². The molecule has 0 saturated heterocycles. The normalized spacial score (nSPS) is 13.4. The Balaban J connectivity index is 2.91. The van der Waals surface area contributed by atoms with Crippen LogP contribution in [-0.4, -0.2) is 29.3 Å². The van der Waals surface area contributed by atoms with Crippen molar-refractivity contribution in [2.45, 2.75) is 39.2 Å². The number of hydrogen-bond donors (Lipinski definition) is 1. The van der Waals surface area contributed by atoms with Gasteiger partial charge in [-0.05, 0) is 23.2 Å². The highest BCUT2D eigenvalue weighted by Crippen LogP contribution is 2.25. The van der Waals surface area contributed by atoms with E-state index in [1.165, 1.54) is 11.3 Å². The van der Waals surface area contributed by atoms with E-state index in [9.17, 15) is 0 Å². The minimum Gasteiger partial charge on any atom is -0.383 e. The van der Waals surface area contributed by atoms with Crippen LogP contribution >= 0.6 is 12.6 Å². The lowest BCUT2D eigenvalue weighted by molar-refractivity contribution is 0.183. The largest absolute Gasteiger partial charge is 0.383 e. The van der Waals surface area contributed by atoms with Gasteiger partial charge in [-0.2, -0.15) is 17.7 Å². The Morgan fingerprint density at radius 2 is 2.12 bits per heavy atom. The summed E-state index contributed by atoms with van der Waals surface area (Å²) >= 11 is 4.36. The van der Waals surface area contributed by atoms with E-state index in [1.807, 2.05) is 4.68 Å². The summed E-state index contributed by atoms with van der Waals surface area (Å²) in [6.07, 6.45) is 2.13. The molecule has 0 bridgehead atoms. The Hall–Kier alpha value is -0.480. The van der Waals surface area contributed by atoms with E-state index in [2.05, 4.69) is 44.7 Å². The van der Waals surface area contributed by atoms with Crippen molar-refractivity contribution in [3.8, 4) is 0 Å². The van der Waals surface area contributed by atoms with Crippen LogP contribution in [0.1, 0.15) is 43.9 Å². The molecule has 0 radical (unpaired) electrons. The molecule has 1 unspecified atom stereocenters. The van der Waals surface area contributed by atoms with Gasteiger partial charge in [0, 0.05) is 13.3 Å². The summed E-state index contributed by atoms with van der Waals surface area (Å²) in [5, 5.41) is 4.62. The quantitative estimate of drug-likeness (QED) is 0.777. The van der Waals surface area contributed by atoms with E-state index < -0.39 is 0 Å². The van der Waals surface area contributed by atoms with Crippen molar-refractivity contribution in [1.29, 1.82) is 0 Å². The highest BCUT2D eigenvalue weighted by molar-refractivity contribution is 7.80. The summed E-state index contributed by atoms with van der Waals surface area (Å²) in [6, 6.07) is 0. The molecule has 0 aliphatic rings. The van der Waals surface area contributed by atoms with Gasteiger partial charge in [0.25, 0.3) is 0 Å². The zero-order valence-electron chi connectivity index (χ0n) is 10.6. The Kier molecular flexibility index (Phi) is 5.35. The van der Waals surface area contributed by atoms with Crippen molar-refractivity contribution in [3.63, 3.8) is 0 Å². The molecule has 1 atom stereocenters. The monoisotopic (exact) mass is 242 g/mol. The molecule has 0 N–H and O–H groups in total. The molecule has 0 aliphatic heterocycles. The lowest BCUT2D eigenvalue weighted by Crippen LogP contribution is -2.05. The standard InChI is InChI=1S/C12H22N2OS/c1-9(2)12-11(10(3)8-16)7-14(13-12)5-6-15-4/h7,9-10,16H,5-6,8H2,1-4H3. The maximum Gasteiger partial charge on any atom is 0.0684 e. The average molecular weight is 242 g/mol. The molecule has 4 heteroatoms. The fourth-order valence-corrected chi connectivity index (χ4v) is 1.87. The fraction of sp³-hybridized carbons (Fsp3) is 0.750. The van der Waals surface area contributed by atoms with Crippen molar-refractivity contribution < 1.29 is 4.74 Å². The molecule has 0 fully saturated rings. The molecule has 0 amide bonds. The number of aromatic nitrogens is 2. The van der Waals surface area contributed by atoms with Crippen LogP contribution in [0.2, 0.25) is 0 Å². The van der Waals surface area contributed by atoms with E-state index >= 15 is 0 Å². The minimum atomic E-state index is 0.456. The molecule has 0 spiro atoms. The molecule has 92 valence electrons. The van der Waals surface area contributed by atoms with Gasteiger partial charge in [0.2, 0.25) is 0 Å². The van der Waals surface area contributed by atoms with Crippen LogP contribution in [-0.2, 0) is 11.3 Å². The van der Waals surface area contributed by atoms with Crippen LogP contribution in [0, 0.1) is 0 Å². The first-order valence-electron chi connectivity index (χ1n) is 5.77. The molecule has 1 aromatic rings. The third-order valence-electron chi connectivity index (χ3n) is 2.70. The molecular formula is C12H22N2OS. The number of thiol groups is 1. The van der Waals surface area contributed by atoms with Gasteiger partial charge >= 0.3 is 0 Å². The van der Waals surface area contributed by atoms with Crippen LogP contribution in [0.25, 0.3) is 0 Å². The van der Waals surface area contributed by atoms with E-state index in [4.69, 9.17) is 4.74 Å². The predicted octanol–water partition coefficient (Wildman–Crippen LogP) is 2.69. The summed E-state index contributed by atoms with van der Waals surface area (Å²) in [4.78, 5) is 0. The van der Waals surface area contributed by atoms with Gasteiger partial charge in [0.1, 0.15) is 0 Å². The second-order valence-electron chi connectivity index (χ2n) is 4.46. The summed E-state index contributed by atoms with van der Waals surface area (Å²) in [5.41, 5.74) is 2.51.